The van der Waals surface area contributed by atoms with Gasteiger partial charge in [-0.25, -0.2) is 8.78 Å². The summed E-state index contributed by atoms with van der Waals surface area (Å²) in [5.41, 5.74) is 0.415. The molecule has 0 aliphatic carbocycles. The predicted molar refractivity (Wildman–Crippen MR) is 77.2 cm³/mol. The molecule has 1 amide bonds. The van der Waals surface area contributed by atoms with Gasteiger partial charge in [0.2, 0.25) is 0 Å². The Morgan fingerprint density at radius 3 is 2.64 bits per heavy atom. The molecule has 1 N–H and O–H groups in total. The number of halogens is 2. The van der Waals surface area contributed by atoms with Crippen molar-refractivity contribution >= 4 is 5.91 Å². The molecule has 0 aliphatic rings. The highest BCUT2D eigenvalue weighted by molar-refractivity contribution is 5.96. The second kappa shape index (κ2) is 7.40. The highest BCUT2D eigenvalue weighted by atomic mass is 19.2. The minimum Gasteiger partial charge on any atom is -0.496 e. The van der Waals surface area contributed by atoms with Gasteiger partial charge >= 0.3 is 0 Å². The molecule has 0 spiro atoms. The smallest absolute Gasteiger partial charge is 0.255 e. The Bertz CT molecular complexity index is 662. The summed E-state index contributed by atoms with van der Waals surface area (Å²) in [6, 6.07) is 10.1. The number of hydrogen-bond donors (Lipinski definition) is 1. The van der Waals surface area contributed by atoms with Crippen LogP contribution in [0.25, 0.3) is 0 Å². The van der Waals surface area contributed by atoms with Gasteiger partial charge in [0.1, 0.15) is 18.1 Å². The van der Waals surface area contributed by atoms with Crippen molar-refractivity contribution in [1.82, 2.24) is 5.32 Å². The van der Waals surface area contributed by atoms with Crippen LogP contribution < -0.4 is 14.8 Å². The lowest BCUT2D eigenvalue weighted by atomic mass is 10.2. The minimum absolute atomic E-state index is 0.131. The summed E-state index contributed by atoms with van der Waals surface area (Å²) in [5, 5.41) is 2.66. The van der Waals surface area contributed by atoms with Crippen LogP contribution in [0.4, 0.5) is 8.78 Å². The third-order valence-corrected chi connectivity index (χ3v) is 2.90. The highest BCUT2D eigenvalue weighted by Gasteiger charge is 2.10. The van der Waals surface area contributed by atoms with Crippen LogP contribution >= 0.6 is 0 Å². The van der Waals surface area contributed by atoms with E-state index >= 15 is 0 Å². The van der Waals surface area contributed by atoms with E-state index in [0.29, 0.717) is 11.3 Å². The predicted octanol–water partition coefficient (Wildman–Crippen LogP) is 2.78. The van der Waals surface area contributed by atoms with Crippen molar-refractivity contribution in [2.24, 2.45) is 0 Å². The van der Waals surface area contributed by atoms with Gasteiger partial charge in [0.25, 0.3) is 5.91 Å². The fraction of sp³-hybridized carbons (Fsp3) is 0.188. The molecule has 0 aliphatic heterocycles. The van der Waals surface area contributed by atoms with Gasteiger partial charge in [-0.15, -0.1) is 0 Å². The Morgan fingerprint density at radius 1 is 1.14 bits per heavy atom. The van der Waals surface area contributed by atoms with E-state index in [0.717, 1.165) is 12.1 Å². The zero-order chi connectivity index (χ0) is 15.9. The van der Waals surface area contributed by atoms with Crippen molar-refractivity contribution < 1.29 is 23.0 Å². The molecule has 0 unspecified atom stereocenters. The molecule has 0 saturated heterocycles. The fourth-order valence-electron chi connectivity index (χ4n) is 1.83. The summed E-state index contributed by atoms with van der Waals surface area (Å²) in [6.07, 6.45) is 0. The van der Waals surface area contributed by atoms with Crippen LogP contribution in [0.3, 0.4) is 0 Å². The van der Waals surface area contributed by atoms with Crippen molar-refractivity contribution in [3.63, 3.8) is 0 Å². The van der Waals surface area contributed by atoms with Crippen LogP contribution in [0, 0.1) is 11.6 Å². The lowest BCUT2D eigenvalue weighted by Crippen LogP contribution is -2.28. The second-order valence-electron chi connectivity index (χ2n) is 4.38. The molecule has 22 heavy (non-hydrogen) atoms. The molecule has 0 heterocycles. The Labute approximate surface area is 126 Å². The van der Waals surface area contributed by atoms with Crippen LogP contribution in [0.5, 0.6) is 11.5 Å². The first-order chi connectivity index (χ1) is 10.6. The number of para-hydroxylation sites is 1. The van der Waals surface area contributed by atoms with E-state index in [2.05, 4.69) is 5.32 Å². The van der Waals surface area contributed by atoms with Gasteiger partial charge in [0.05, 0.1) is 19.2 Å². The number of ether oxygens (including phenoxy) is 2. The second-order valence-corrected chi connectivity index (χ2v) is 4.38. The molecule has 0 fully saturated rings. The molecule has 0 atom stereocenters. The number of rotatable bonds is 6. The lowest BCUT2D eigenvalue weighted by molar-refractivity contribution is 0.0944. The van der Waals surface area contributed by atoms with Crippen LogP contribution in [-0.4, -0.2) is 26.2 Å². The third kappa shape index (κ3) is 3.94. The van der Waals surface area contributed by atoms with Gasteiger partial charge in [0.15, 0.2) is 11.6 Å². The number of nitrogens with one attached hydrogen (secondary N) is 1. The van der Waals surface area contributed by atoms with E-state index < -0.39 is 11.6 Å². The summed E-state index contributed by atoms with van der Waals surface area (Å²) >= 11 is 0. The largest absolute Gasteiger partial charge is 0.496 e. The van der Waals surface area contributed by atoms with Gasteiger partial charge < -0.3 is 14.8 Å². The summed E-state index contributed by atoms with van der Waals surface area (Å²) in [4.78, 5) is 12.0. The molecule has 0 bridgehead atoms. The van der Waals surface area contributed by atoms with E-state index in [4.69, 9.17) is 9.47 Å². The number of benzene rings is 2. The van der Waals surface area contributed by atoms with E-state index in [9.17, 15) is 13.6 Å². The van der Waals surface area contributed by atoms with Crippen molar-refractivity contribution in [1.29, 1.82) is 0 Å². The van der Waals surface area contributed by atoms with Gasteiger partial charge in [-0.2, -0.15) is 0 Å². The first-order valence-corrected chi connectivity index (χ1v) is 6.61. The molecule has 0 aromatic heterocycles. The number of carbonyl (C=O) groups excluding carboxylic acids is 1. The van der Waals surface area contributed by atoms with Gasteiger partial charge in [-0.3, -0.25) is 4.79 Å². The van der Waals surface area contributed by atoms with Gasteiger partial charge in [0, 0.05) is 6.07 Å². The SMILES string of the molecule is COc1ccccc1C(=O)NCCOc1ccc(F)c(F)c1. The molecule has 0 radical (unpaired) electrons. The Kier molecular flexibility index (Phi) is 5.30. The summed E-state index contributed by atoms with van der Waals surface area (Å²) in [6.45, 7) is 0.349. The Balaban J connectivity index is 1.83. The molecule has 4 nitrogen and oxygen atoms in total. The monoisotopic (exact) mass is 307 g/mol. The normalized spacial score (nSPS) is 10.1. The average Bonchev–Trinajstić information content (AvgIpc) is 2.54. The molecular weight excluding hydrogens is 292 g/mol. The molecule has 2 aromatic rings. The number of hydrogen-bond acceptors (Lipinski definition) is 3. The van der Waals surface area contributed by atoms with E-state index in [1.54, 1.807) is 24.3 Å². The first-order valence-electron chi connectivity index (χ1n) is 6.61. The van der Waals surface area contributed by atoms with E-state index in [1.807, 2.05) is 0 Å². The zero-order valence-corrected chi connectivity index (χ0v) is 11.9. The fourth-order valence-corrected chi connectivity index (χ4v) is 1.83. The molecule has 2 rings (SSSR count). The summed E-state index contributed by atoms with van der Waals surface area (Å²) < 4.78 is 36.1. The van der Waals surface area contributed by atoms with E-state index in [-0.39, 0.29) is 24.8 Å². The topological polar surface area (TPSA) is 47.6 Å². The third-order valence-electron chi connectivity index (χ3n) is 2.90. The molecule has 6 heteroatoms. The van der Waals surface area contributed by atoms with Gasteiger partial charge in [-0.05, 0) is 24.3 Å². The van der Waals surface area contributed by atoms with Crippen molar-refractivity contribution in [3.05, 3.63) is 59.7 Å². The molecule has 116 valence electrons. The lowest BCUT2D eigenvalue weighted by Gasteiger charge is -2.10. The van der Waals surface area contributed by atoms with E-state index in [1.165, 1.54) is 13.2 Å². The highest BCUT2D eigenvalue weighted by Crippen LogP contribution is 2.17. The number of methoxy groups -OCH3 is 1. The number of carbonyl (C=O) groups is 1. The van der Waals surface area contributed by atoms with Crippen molar-refractivity contribution in [3.8, 4) is 11.5 Å². The maximum Gasteiger partial charge on any atom is 0.255 e. The first kappa shape index (κ1) is 15.8. The summed E-state index contributed by atoms with van der Waals surface area (Å²) in [5.74, 6) is -1.54. The molecular formula is C16H15F2NO3. The van der Waals surface area contributed by atoms with Crippen LogP contribution in [0.1, 0.15) is 10.4 Å². The quantitative estimate of drug-likeness (QED) is 0.835. The van der Waals surface area contributed by atoms with Crippen molar-refractivity contribution in [2.45, 2.75) is 0 Å². The van der Waals surface area contributed by atoms with Gasteiger partial charge in [-0.1, -0.05) is 12.1 Å². The van der Waals surface area contributed by atoms with Crippen LogP contribution in [-0.2, 0) is 0 Å². The van der Waals surface area contributed by atoms with Crippen LogP contribution in [0.2, 0.25) is 0 Å². The Morgan fingerprint density at radius 2 is 1.91 bits per heavy atom. The Hall–Kier alpha value is -2.63. The summed E-state index contributed by atoms with van der Waals surface area (Å²) in [7, 11) is 1.48. The van der Waals surface area contributed by atoms with Crippen LogP contribution in [0.15, 0.2) is 42.5 Å². The number of amides is 1. The molecule has 2 aromatic carbocycles. The maximum absolute atomic E-state index is 13.0. The zero-order valence-electron chi connectivity index (χ0n) is 11.9. The maximum atomic E-state index is 13.0. The van der Waals surface area contributed by atoms with Crippen molar-refractivity contribution in [2.75, 3.05) is 20.3 Å². The standard InChI is InChI=1S/C16H15F2NO3/c1-21-15-5-3-2-4-12(15)16(20)19-8-9-22-11-6-7-13(17)14(18)10-11/h2-7,10H,8-9H2,1H3,(H,19,20). The average molecular weight is 307 g/mol. The molecule has 0 saturated carbocycles. The minimum atomic E-state index is -0.976.